The lowest BCUT2D eigenvalue weighted by Crippen LogP contribution is -2.60. The molecule has 3 heteroatoms. The Morgan fingerprint density at radius 3 is 2.62 bits per heavy atom. The minimum atomic E-state index is 0.390. The number of nitrogens with one attached hydrogen (secondary N) is 1. The normalized spacial score (nSPS) is 38.6. The van der Waals surface area contributed by atoms with Crippen molar-refractivity contribution in [1.82, 2.24) is 10.2 Å². The molecule has 0 radical (unpaired) electrons. The second-order valence-electron chi connectivity index (χ2n) is 7.12. The number of hydrogen-bond acceptors (Lipinski definition) is 3. The fourth-order valence-corrected chi connectivity index (χ4v) is 4.16. The summed E-state index contributed by atoms with van der Waals surface area (Å²) in [6.07, 6.45) is 8.31. The van der Waals surface area contributed by atoms with Gasteiger partial charge >= 0.3 is 0 Å². The molecule has 5 atom stereocenters. The van der Waals surface area contributed by atoms with Crippen LogP contribution >= 0.6 is 0 Å². The van der Waals surface area contributed by atoms with Crippen molar-refractivity contribution in [2.24, 2.45) is 5.92 Å². The van der Waals surface area contributed by atoms with Crippen molar-refractivity contribution in [3.05, 3.63) is 0 Å². The quantitative estimate of drug-likeness (QED) is 0.812. The zero-order chi connectivity index (χ0) is 15.2. The summed E-state index contributed by atoms with van der Waals surface area (Å²) in [6, 6.07) is 2.02. The summed E-state index contributed by atoms with van der Waals surface area (Å²) in [5.74, 6) is 0.922. The van der Waals surface area contributed by atoms with Gasteiger partial charge in [0.15, 0.2) is 0 Å². The molecule has 5 unspecified atom stereocenters. The molecule has 1 heterocycles. The minimum Gasteiger partial charge on any atom is -0.376 e. The molecule has 0 bridgehead atoms. The molecule has 2 aliphatic rings. The molecule has 0 amide bonds. The molecule has 0 aromatic carbocycles. The van der Waals surface area contributed by atoms with E-state index in [-0.39, 0.29) is 0 Å². The van der Waals surface area contributed by atoms with Gasteiger partial charge in [-0.15, -0.1) is 0 Å². The van der Waals surface area contributed by atoms with Crippen LogP contribution in [-0.4, -0.2) is 48.8 Å². The molecule has 0 aromatic rings. The predicted molar refractivity (Wildman–Crippen MR) is 89.7 cm³/mol. The van der Waals surface area contributed by atoms with Crippen molar-refractivity contribution < 1.29 is 4.74 Å². The smallest absolute Gasteiger partial charge is 0.0674 e. The fourth-order valence-electron chi connectivity index (χ4n) is 4.16. The van der Waals surface area contributed by atoms with Crippen LogP contribution in [0.5, 0.6) is 0 Å². The van der Waals surface area contributed by atoms with E-state index in [0.29, 0.717) is 24.2 Å². The summed E-state index contributed by atoms with van der Waals surface area (Å²) in [6.45, 7) is 12.4. The monoisotopic (exact) mass is 296 g/mol. The van der Waals surface area contributed by atoms with E-state index in [4.69, 9.17) is 4.74 Å². The van der Waals surface area contributed by atoms with Gasteiger partial charge in [-0.25, -0.2) is 0 Å². The van der Waals surface area contributed by atoms with Crippen LogP contribution in [0.4, 0.5) is 0 Å². The Hall–Kier alpha value is -0.120. The van der Waals surface area contributed by atoms with Crippen molar-refractivity contribution in [3.8, 4) is 0 Å². The number of morpholine rings is 1. The van der Waals surface area contributed by atoms with Crippen LogP contribution in [0.2, 0.25) is 0 Å². The third-order valence-electron chi connectivity index (χ3n) is 5.57. The molecule has 2 rings (SSSR count). The lowest BCUT2D eigenvalue weighted by atomic mass is 9.79. The lowest BCUT2D eigenvalue weighted by Gasteiger charge is -2.49. The molecule has 124 valence electrons. The number of ether oxygens (including phenoxy) is 1. The molecule has 1 aliphatic heterocycles. The molecule has 1 N–H and O–H groups in total. The predicted octanol–water partition coefficient (Wildman–Crippen LogP) is 3.43. The molecular formula is C18H36N2O. The zero-order valence-corrected chi connectivity index (χ0v) is 14.6. The first kappa shape index (κ1) is 17.2. The van der Waals surface area contributed by atoms with Gasteiger partial charge in [0.2, 0.25) is 0 Å². The molecule has 1 saturated heterocycles. The first-order valence-electron chi connectivity index (χ1n) is 9.30. The summed E-state index contributed by atoms with van der Waals surface area (Å²) in [5.41, 5.74) is 0. The molecule has 1 aliphatic carbocycles. The summed E-state index contributed by atoms with van der Waals surface area (Å²) >= 11 is 0. The van der Waals surface area contributed by atoms with Crippen LogP contribution < -0.4 is 5.32 Å². The average molecular weight is 296 g/mol. The zero-order valence-electron chi connectivity index (χ0n) is 14.6. The Kier molecular flexibility index (Phi) is 6.97. The Balaban J connectivity index is 2.08. The largest absolute Gasteiger partial charge is 0.376 e. The number of hydrogen-bond donors (Lipinski definition) is 1. The molecule has 3 nitrogen and oxygen atoms in total. The van der Waals surface area contributed by atoms with E-state index in [9.17, 15) is 0 Å². The Labute approximate surface area is 131 Å². The first-order chi connectivity index (χ1) is 10.2. The van der Waals surface area contributed by atoms with Crippen molar-refractivity contribution >= 4 is 0 Å². The van der Waals surface area contributed by atoms with Gasteiger partial charge in [0.25, 0.3) is 0 Å². The van der Waals surface area contributed by atoms with E-state index < -0.39 is 0 Å². The van der Waals surface area contributed by atoms with Gasteiger partial charge in [0.1, 0.15) is 0 Å². The maximum Gasteiger partial charge on any atom is 0.0674 e. The van der Waals surface area contributed by atoms with Crippen molar-refractivity contribution in [2.45, 2.75) is 90.4 Å². The highest BCUT2D eigenvalue weighted by atomic mass is 16.5. The highest BCUT2D eigenvalue weighted by Crippen LogP contribution is 2.33. The van der Waals surface area contributed by atoms with E-state index >= 15 is 0 Å². The van der Waals surface area contributed by atoms with E-state index in [0.717, 1.165) is 25.6 Å². The second kappa shape index (κ2) is 8.50. The first-order valence-corrected chi connectivity index (χ1v) is 9.30. The van der Waals surface area contributed by atoms with Crippen LogP contribution in [0.15, 0.2) is 0 Å². The third kappa shape index (κ3) is 4.43. The molecule has 0 spiro atoms. The van der Waals surface area contributed by atoms with Gasteiger partial charge in [0.05, 0.1) is 12.7 Å². The van der Waals surface area contributed by atoms with Crippen LogP contribution in [0.25, 0.3) is 0 Å². The highest BCUT2D eigenvalue weighted by molar-refractivity contribution is 4.95. The Morgan fingerprint density at radius 1 is 1.14 bits per heavy atom. The van der Waals surface area contributed by atoms with E-state index in [1.165, 1.54) is 38.5 Å². The molecule has 0 aromatic heterocycles. The maximum absolute atomic E-state index is 5.91. The van der Waals surface area contributed by atoms with Gasteiger partial charge in [-0.05, 0) is 51.5 Å². The third-order valence-corrected chi connectivity index (χ3v) is 5.57. The Morgan fingerprint density at radius 2 is 1.95 bits per heavy atom. The highest BCUT2D eigenvalue weighted by Gasteiger charge is 2.38. The molecule has 1 saturated carbocycles. The van der Waals surface area contributed by atoms with E-state index in [2.05, 4.69) is 37.9 Å². The van der Waals surface area contributed by atoms with Crippen molar-refractivity contribution in [2.75, 3.05) is 19.7 Å². The van der Waals surface area contributed by atoms with Crippen molar-refractivity contribution in [1.29, 1.82) is 0 Å². The second-order valence-corrected chi connectivity index (χ2v) is 7.12. The summed E-state index contributed by atoms with van der Waals surface area (Å²) < 4.78 is 5.91. The van der Waals surface area contributed by atoms with Gasteiger partial charge < -0.3 is 10.1 Å². The van der Waals surface area contributed by atoms with Crippen molar-refractivity contribution in [3.63, 3.8) is 0 Å². The summed E-state index contributed by atoms with van der Waals surface area (Å²) in [5, 5.41) is 3.84. The van der Waals surface area contributed by atoms with Crippen LogP contribution in [0.1, 0.15) is 66.2 Å². The summed E-state index contributed by atoms with van der Waals surface area (Å²) in [4.78, 5) is 2.79. The SMILES string of the molecule is CCCNC1CCC(CC)CC1N1CC(C)OCC1CC. The van der Waals surface area contributed by atoms with Crippen LogP contribution in [0, 0.1) is 5.92 Å². The molecular weight excluding hydrogens is 260 g/mol. The minimum absolute atomic E-state index is 0.390. The molecule has 2 fully saturated rings. The van der Waals surface area contributed by atoms with Gasteiger partial charge in [-0.3, -0.25) is 4.90 Å². The van der Waals surface area contributed by atoms with Crippen LogP contribution in [-0.2, 0) is 4.74 Å². The van der Waals surface area contributed by atoms with Crippen LogP contribution in [0.3, 0.4) is 0 Å². The maximum atomic E-state index is 5.91. The van der Waals surface area contributed by atoms with Gasteiger partial charge in [-0.2, -0.15) is 0 Å². The number of nitrogens with zero attached hydrogens (tertiary/aromatic N) is 1. The fraction of sp³-hybridized carbons (Fsp3) is 1.00. The summed E-state index contributed by atoms with van der Waals surface area (Å²) in [7, 11) is 0. The van der Waals surface area contributed by atoms with E-state index in [1.54, 1.807) is 0 Å². The van der Waals surface area contributed by atoms with Gasteiger partial charge in [0, 0.05) is 24.7 Å². The lowest BCUT2D eigenvalue weighted by molar-refractivity contribution is -0.0861. The van der Waals surface area contributed by atoms with Gasteiger partial charge in [-0.1, -0.05) is 27.2 Å². The van der Waals surface area contributed by atoms with E-state index in [1.807, 2.05) is 0 Å². The topological polar surface area (TPSA) is 24.5 Å². The standard InChI is InChI=1S/C18H36N2O/c1-5-10-19-17-9-8-15(6-2)11-18(17)20-12-14(4)21-13-16(20)7-3/h14-19H,5-13H2,1-4H3. The Bertz CT molecular complexity index is 297. The number of rotatable bonds is 6. The average Bonchev–Trinajstić information content (AvgIpc) is 2.52. The molecule has 21 heavy (non-hydrogen) atoms.